The summed E-state index contributed by atoms with van der Waals surface area (Å²) in [5.74, 6) is 0.0513. The highest BCUT2D eigenvalue weighted by Crippen LogP contribution is 2.44. The van der Waals surface area contributed by atoms with E-state index in [4.69, 9.17) is 18.7 Å². The molecule has 0 aromatic carbocycles. The van der Waals surface area contributed by atoms with Gasteiger partial charge >= 0.3 is 0 Å². The molecule has 1 N–H and O–H groups in total. The summed E-state index contributed by atoms with van der Waals surface area (Å²) in [6.45, 7) is 5.79. The highest BCUT2D eigenvalue weighted by Gasteiger charge is 2.55. The van der Waals surface area contributed by atoms with Gasteiger partial charge in [0.1, 0.15) is 36.6 Å². The minimum Gasteiger partial charge on any atom is -0.365 e. The topological polar surface area (TPSA) is 109 Å². The van der Waals surface area contributed by atoms with Crippen molar-refractivity contribution in [2.45, 2.75) is 82.8 Å². The molecule has 10 heteroatoms. The number of hydrogen-bond donors (Lipinski definition) is 1. The fraction of sp³-hybridized carbons (Fsp3) is 0.565. The first-order valence-electron chi connectivity index (χ1n) is 11.5. The third-order valence-corrected chi connectivity index (χ3v) is 6.62. The number of fused-ring (bicyclic) bond motifs is 2. The first-order valence-corrected chi connectivity index (χ1v) is 11.5. The highest BCUT2D eigenvalue weighted by molar-refractivity contribution is 5.82. The maximum absolute atomic E-state index is 6.43. The number of nitrogens with one attached hydrogen (secondary N) is 1. The molecular formula is C23H28N6O4. The predicted molar refractivity (Wildman–Crippen MR) is 119 cm³/mol. The van der Waals surface area contributed by atoms with Crippen molar-refractivity contribution >= 4 is 23.1 Å². The minimum absolute atomic E-state index is 0.274. The molecule has 5 heterocycles. The number of aryl methyl sites for hydroxylation is 1. The van der Waals surface area contributed by atoms with Crippen molar-refractivity contribution in [2.75, 3.05) is 5.32 Å². The van der Waals surface area contributed by atoms with Crippen molar-refractivity contribution in [3.63, 3.8) is 0 Å². The predicted octanol–water partition coefficient (Wildman–Crippen LogP) is 3.61. The van der Waals surface area contributed by atoms with E-state index < -0.39 is 12.0 Å². The van der Waals surface area contributed by atoms with Gasteiger partial charge in [-0.25, -0.2) is 15.0 Å². The molecule has 1 saturated carbocycles. The lowest BCUT2D eigenvalue weighted by molar-refractivity contribution is -0.191. The number of anilines is 1. The Morgan fingerprint density at radius 1 is 1.12 bits per heavy atom. The molecule has 2 saturated heterocycles. The second-order valence-corrected chi connectivity index (χ2v) is 9.47. The van der Waals surface area contributed by atoms with Crippen molar-refractivity contribution in [1.82, 2.24) is 24.7 Å². The third-order valence-electron chi connectivity index (χ3n) is 6.62. The van der Waals surface area contributed by atoms with Crippen molar-refractivity contribution < 1.29 is 18.7 Å². The molecule has 3 aliphatic rings. The van der Waals surface area contributed by atoms with Gasteiger partial charge in [0.05, 0.1) is 6.33 Å². The standard InChI is InChI=1S/C23H28N6O4/c1-13-10-30-28-15(13)8-9-16-18-19(33-23(2,3)32-18)22(31-16)29-12-26-17-20(24-11-25-21(17)29)27-14-6-4-5-7-14/h8-12,14,16,18-19,22H,4-7H2,1-3H3,(H,24,25,27)/t16-,18-,19-,22-/m1/s1. The lowest BCUT2D eigenvalue weighted by Gasteiger charge is -2.24. The fourth-order valence-electron chi connectivity index (χ4n) is 5.04. The number of ether oxygens (including phenoxy) is 3. The zero-order chi connectivity index (χ0) is 22.6. The largest absolute Gasteiger partial charge is 0.365 e. The summed E-state index contributed by atoms with van der Waals surface area (Å²) in [5, 5.41) is 7.57. The molecule has 0 bridgehead atoms. The number of nitrogens with zero attached hydrogens (tertiary/aromatic N) is 5. The van der Waals surface area contributed by atoms with Crippen LogP contribution in [0.3, 0.4) is 0 Å². The number of imidazole rings is 1. The second kappa shape index (κ2) is 7.89. The molecule has 10 nitrogen and oxygen atoms in total. The van der Waals surface area contributed by atoms with Gasteiger partial charge in [0, 0.05) is 11.6 Å². The van der Waals surface area contributed by atoms with Crippen LogP contribution in [0.15, 0.2) is 29.5 Å². The molecule has 4 atom stereocenters. The van der Waals surface area contributed by atoms with E-state index in [1.807, 2.05) is 37.5 Å². The molecule has 3 aromatic rings. The Bertz CT molecular complexity index is 1180. The average molecular weight is 453 g/mol. The summed E-state index contributed by atoms with van der Waals surface area (Å²) in [7, 11) is 0. The van der Waals surface area contributed by atoms with Crippen LogP contribution in [-0.4, -0.2) is 54.8 Å². The van der Waals surface area contributed by atoms with Crippen LogP contribution in [0.4, 0.5) is 5.82 Å². The van der Waals surface area contributed by atoms with E-state index in [9.17, 15) is 0 Å². The number of aromatic nitrogens is 5. The van der Waals surface area contributed by atoms with Gasteiger partial charge in [0.15, 0.2) is 29.0 Å². The molecular weight excluding hydrogens is 424 g/mol. The molecule has 0 amide bonds. The molecule has 1 aliphatic carbocycles. The third kappa shape index (κ3) is 3.71. The molecule has 6 rings (SSSR count). The Hall–Kier alpha value is -2.82. The number of hydrogen-bond acceptors (Lipinski definition) is 9. The van der Waals surface area contributed by atoms with Gasteiger partial charge in [0.2, 0.25) is 0 Å². The number of rotatable bonds is 5. The summed E-state index contributed by atoms with van der Waals surface area (Å²) in [4.78, 5) is 13.6. The fourth-order valence-corrected chi connectivity index (χ4v) is 5.04. The van der Waals surface area contributed by atoms with Gasteiger partial charge in [0.25, 0.3) is 0 Å². The average Bonchev–Trinajstić information content (AvgIpc) is 3.58. The van der Waals surface area contributed by atoms with Crippen LogP contribution in [0.1, 0.15) is 57.0 Å². The Labute approximate surface area is 191 Å². The Morgan fingerprint density at radius 3 is 2.73 bits per heavy atom. The maximum atomic E-state index is 6.43. The van der Waals surface area contributed by atoms with Crippen molar-refractivity contribution in [3.05, 3.63) is 36.3 Å². The quantitative estimate of drug-likeness (QED) is 0.621. The van der Waals surface area contributed by atoms with Gasteiger partial charge in [-0.3, -0.25) is 4.57 Å². The van der Waals surface area contributed by atoms with Gasteiger partial charge in [-0.05, 0) is 39.7 Å². The van der Waals surface area contributed by atoms with E-state index >= 15 is 0 Å². The molecule has 0 spiro atoms. The van der Waals surface area contributed by atoms with Crippen molar-refractivity contribution in [1.29, 1.82) is 0 Å². The highest BCUT2D eigenvalue weighted by atomic mass is 16.8. The van der Waals surface area contributed by atoms with Crippen LogP contribution in [0, 0.1) is 6.92 Å². The summed E-state index contributed by atoms with van der Waals surface area (Å²) >= 11 is 0. The Morgan fingerprint density at radius 2 is 1.94 bits per heavy atom. The first kappa shape index (κ1) is 20.8. The summed E-state index contributed by atoms with van der Waals surface area (Å²) in [6, 6.07) is 0.433. The smallest absolute Gasteiger partial charge is 0.167 e. The van der Waals surface area contributed by atoms with Gasteiger partial charge in [-0.15, -0.1) is 0 Å². The first-order chi connectivity index (χ1) is 16.0. The zero-order valence-corrected chi connectivity index (χ0v) is 19.0. The summed E-state index contributed by atoms with van der Waals surface area (Å²) in [5.41, 5.74) is 3.17. The van der Waals surface area contributed by atoms with Crippen LogP contribution < -0.4 is 5.32 Å². The SMILES string of the molecule is Cc1conc1C=C[C@H]1O[C@@H](n2cnc3c(NC4CCCC4)ncnc32)[C@@H]2OC(C)(C)O[C@@H]21. The molecule has 3 fully saturated rings. The molecule has 3 aromatic heterocycles. The van der Waals surface area contributed by atoms with E-state index in [1.54, 1.807) is 18.9 Å². The Kier molecular flexibility index (Phi) is 4.97. The molecule has 0 unspecified atom stereocenters. The molecule has 0 radical (unpaired) electrons. The summed E-state index contributed by atoms with van der Waals surface area (Å²) in [6.07, 6.45) is 12.2. The zero-order valence-electron chi connectivity index (χ0n) is 19.0. The van der Waals surface area contributed by atoms with Gasteiger partial charge in [-0.1, -0.05) is 24.1 Å². The monoisotopic (exact) mass is 452 g/mol. The lowest BCUT2D eigenvalue weighted by atomic mass is 10.1. The van der Waals surface area contributed by atoms with E-state index in [0.717, 1.165) is 35.4 Å². The van der Waals surface area contributed by atoms with Crippen molar-refractivity contribution in [3.8, 4) is 0 Å². The minimum atomic E-state index is -0.714. The normalized spacial score (nSPS) is 29.4. The van der Waals surface area contributed by atoms with Crippen LogP contribution in [0.25, 0.3) is 17.2 Å². The van der Waals surface area contributed by atoms with Crippen LogP contribution in [0.2, 0.25) is 0 Å². The second-order valence-electron chi connectivity index (χ2n) is 9.47. The van der Waals surface area contributed by atoms with Crippen molar-refractivity contribution in [2.24, 2.45) is 0 Å². The van der Waals surface area contributed by atoms with Crippen LogP contribution in [0.5, 0.6) is 0 Å². The van der Waals surface area contributed by atoms with Gasteiger partial charge < -0.3 is 24.1 Å². The van der Waals surface area contributed by atoms with E-state index in [0.29, 0.717) is 11.7 Å². The summed E-state index contributed by atoms with van der Waals surface area (Å²) < 4.78 is 25.9. The van der Waals surface area contributed by atoms with Crippen LogP contribution in [-0.2, 0) is 14.2 Å². The lowest BCUT2D eigenvalue weighted by Crippen LogP contribution is -2.28. The van der Waals surface area contributed by atoms with E-state index in [-0.39, 0.29) is 18.3 Å². The molecule has 2 aliphatic heterocycles. The maximum Gasteiger partial charge on any atom is 0.167 e. The van der Waals surface area contributed by atoms with Gasteiger partial charge in [-0.2, -0.15) is 0 Å². The molecule has 33 heavy (non-hydrogen) atoms. The Balaban J connectivity index is 1.32. The molecule has 174 valence electrons. The van der Waals surface area contributed by atoms with E-state index in [2.05, 4.69) is 25.4 Å². The van der Waals surface area contributed by atoms with Crippen LogP contribution >= 0.6 is 0 Å². The van der Waals surface area contributed by atoms with E-state index in [1.165, 1.54) is 12.8 Å².